The molecule has 0 amide bonds. The Morgan fingerprint density at radius 1 is 1.28 bits per heavy atom. The van der Waals surface area contributed by atoms with E-state index in [-0.39, 0.29) is 18.4 Å². The third-order valence-electron chi connectivity index (χ3n) is 2.84. The molecule has 0 radical (unpaired) electrons. The molecule has 1 fully saturated rings. The first kappa shape index (κ1) is 13.5. The van der Waals surface area contributed by atoms with E-state index in [1.165, 1.54) is 0 Å². The van der Waals surface area contributed by atoms with Gasteiger partial charge in [0.15, 0.2) is 0 Å². The molecule has 2 N–H and O–H groups in total. The molecular formula is C12H17NO4S. The zero-order valence-electron chi connectivity index (χ0n) is 10.0. The van der Waals surface area contributed by atoms with Gasteiger partial charge in [-0.25, -0.2) is 13.1 Å². The minimum Gasteiger partial charge on any atom is -0.392 e. The van der Waals surface area contributed by atoms with Crippen molar-refractivity contribution in [1.82, 2.24) is 4.72 Å². The number of hydrogen-bond acceptors (Lipinski definition) is 4. The van der Waals surface area contributed by atoms with Gasteiger partial charge in [-0.1, -0.05) is 24.3 Å². The first-order chi connectivity index (χ1) is 8.59. The summed E-state index contributed by atoms with van der Waals surface area (Å²) in [6.45, 7) is 1.02. The van der Waals surface area contributed by atoms with Gasteiger partial charge in [0.25, 0.3) is 0 Å². The Kier molecular flexibility index (Phi) is 4.34. The van der Waals surface area contributed by atoms with Crippen molar-refractivity contribution in [3.05, 3.63) is 35.4 Å². The Hall–Kier alpha value is -0.950. The van der Waals surface area contributed by atoms with E-state index in [0.29, 0.717) is 18.8 Å². The maximum atomic E-state index is 11.9. The van der Waals surface area contributed by atoms with Gasteiger partial charge in [0.2, 0.25) is 10.0 Å². The SMILES string of the molecule is O=S(=O)(Cc1ccc(CO)cc1)NC1CCOC1. The number of hydrogen-bond donors (Lipinski definition) is 2. The van der Waals surface area contributed by atoms with E-state index in [9.17, 15) is 8.42 Å². The molecule has 0 spiro atoms. The summed E-state index contributed by atoms with van der Waals surface area (Å²) in [7, 11) is -3.33. The average molecular weight is 271 g/mol. The highest BCUT2D eigenvalue weighted by Crippen LogP contribution is 2.10. The van der Waals surface area contributed by atoms with Crippen LogP contribution in [0, 0.1) is 0 Å². The highest BCUT2D eigenvalue weighted by Gasteiger charge is 2.22. The summed E-state index contributed by atoms with van der Waals surface area (Å²) in [5, 5.41) is 8.91. The quantitative estimate of drug-likeness (QED) is 0.812. The van der Waals surface area contributed by atoms with Crippen molar-refractivity contribution in [3.8, 4) is 0 Å². The number of nitrogens with one attached hydrogen (secondary N) is 1. The lowest BCUT2D eigenvalue weighted by Crippen LogP contribution is -2.35. The fourth-order valence-corrected chi connectivity index (χ4v) is 3.29. The van der Waals surface area contributed by atoms with Gasteiger partial charge in [-0.15, -0.1) is 0 Å². The number of ether oxygens (including phenoxy) is 1. The van der Waals surface area contributed by atoms with Crippen LogP contribution in [0.15, 0.2) is 24.3 Å². The van der Waals surface area contributed by atoms with E-state index in [4.69, 9.17) is 9.84 Å². The molecule has 1 aliphatic rings. The molecule has 1 saturated heterocycles. The van der Waals surface area contributed by atoms with Crippen LogP contribution < -0.4 is 4.72 Å². The van der Waals surface area contributed by atoms with E-state index >= 15 is 0 Å². The second-order valence-electron chi connectivity index (χ2n) is 4.41. The van der Waals surface area contributed by atoms with Gasteiger partial charge in [0.1, 0.15) is 0 Å². The monoisotopic (exact) mass is 271 g/mol. The lowest BCUT2D eigenvalue weighted by Gasteiger charge is -2.11. The van der Waals surface area contributed by atoms with Crippen LogP contribution in [0.5, 0.6) is 0 Å². The Morgan fingerprint density at radius 3 is 2.50 bits per heavy atom. The Bertz CT molecular complexity index is 477. The third-order valence-corrected chi connectivity index (χ3v) is 4.24. The van der Waals surface area contributed by atoms with Gasteiger partial charge in [0, 0.05) is 12.6 Å². The number of rotatable bonds is 5. The molecule has 1 heterocycles. The first-order valence-electron chi connectivity index (χ1n) is 5.85. The minimum atomic E-state index is -3.33. The summed E-state index contributed by atoms with van der Waals surface area (Å²) in [5.74, 6) is -0.0464. The Labute approximate surface area is 107 Å². The van der Waals surface area contributed by atoms with Gasteiger partial charge in [-0.2, -0.15) is 0 Å². The van der Waals surface area contributed by atoms with Crippen molar-refractivity contribution in [2.24, 2.45) is 0 Å². The maximum absolute atomic E-state index is 11.9. The Balaban J connectivity index is 1.97. The smallest absolute Gasteiger partial charge is 0.216 e. The normalized spacial score (nSPS) is 20.2. The van der Waals surface area contributed by atoms with Gasteiger partial charge in [0.05, 0.1) is 19.0 Å². The zero-order chi connectivity index (χ0) is 13.0. The van der Waals surface area contributed by atoms with Crippen molar-refractivity contribution in [1.29, 1.82) is 0 Å². The molecule has 1 atom stereocenters. The van der Waals surface area contributed by atoms with E-state index in [1.54, 1.807) is 24.3 Å². The summed E-state index contributed by atoms with van der Waals surface area (Å²) in [6.07, 6.45) is 0.725. The minimum absolute atomic E-state index is 0.0370. The van der Waals surface area contributed by atoms with Crippen LogP contribution >= 0.6 is 0 Å². The summed E-state index contributed by atoms with van der Waals surface area (Å²) >= 11 is 0. The number of sulfonamides is 1. The van der Waals surface area contributed by atoms with Crippen molar-refractivity contribution in [2.45, 2.75) is 24.8 Å². The van der Waals surface area contributed by atoms with Crippen molar-refractivity contribution >= 4 is 10.0 Å². The first-order valence-corrected chi connectivity index (χ1v) is 7.51. The van der Waals surface area contributed by atoms with E-state index in [1.807, 2.05) is 0 Å². The van der Waals surface area contributed by atoms with Crippen LogP contribution in [0.4, 0.5) is 0 Å². The van der Waals surface area contributed by atoms with Gasteiger partial charge in [-0.3, -0.25) is 0 Å². The second kappa shape index (κ2) is 5.79. The fraction of sp³-hybridized carbons (Fsp3) is 0.500. The fourth-order valence-electron chi connectivity index (χ4n) is 1.88. The van der Waals surface area contributed by atoms with E-state index in [2.05, 4.69) is 4.72 Å². The molecule has 18 heavy (non-hydrogen) atoms. The lowest BCUT2D eigenvalue weighted by molar-refractivity contribution is 0.192. The number of benzene rings is 1. The molecule has 5 nitrogen and oxygen atoms in total. The molecule has 1 unspecified atom stereocenters. The summed E-state index contributed by atoms with van der Waals surface area (Å²) < 4.78 is 31.5. The highest BCUT2D eigenvalue weighted by molar-refractivity contribution is 7.88. The lowest BCUT2D eigenvalue weighted by atomic mass is 10.2. The van der Waals surface area contributed by atoms with Gasteiger partial charge in [-0.05, 0) is 17.5 Å². The van der Waals surface area contributed by atoms with Gasteiger partial charge >= 0.3 is 0 Å². The number of aliphatic hydroxyl groups excluding tert-OH is 1. The van der Waals surface area contributed by atoms with Crippen molar-refractivity contribution in [3.63, 3.8) is 0 Å². The maximum Gasteiger partial charge on any atom is 0.216 e. The molecule has 1 aliphatic heterocycles. The molecule has 6 heteroatoms. The summed E-state index contributed by atoms with van der Waals surface area (Å²) in [6, 6.07) is 6.78. The molecule has 2 rings (SSSR count). The van der Waals surface area contributed by atoms with Crippen molar-refractivity contribution in [2.75, 3.05) is 13.2 Å². The molecular weight excluding hydrogens is 254 g/mol. The van der Waals surface area contributed by atoms with Crippen LogP contribution in [-0.2, 0) is 27.1 Å². The third kappa shape index (κ3) is 3.78. The molecule has 0 aliphatic carbocycles. The summed E-state index contributed by atoms with van der Waals surface area (Å²) in [5.41, 5.74) is 1.48. The largest absolute Gasteiger partial charge is 0.392 e. The van der Waals surface area contributed by atoms with Crippen LogP contribution in [0.25, 0.3) is 0 Å². The molecule has 0 saturated carbocycles. The number of aliphatic hydroxyl groups is 1. The zero-order valence-corrected chi connectivity index (χ0v) is 10.8. The van der Waals surface area contributed by atoms with Crippen LogP contribution in [0.1, 0.15) is 17.5 Å². The molecule has 1 aromatic rings. The highest BCUT2D eigenvalue weighted by atomic mass is 32.2. The van der Waals surface area contributed by atoms with Crippen LogP contribution in [0.3, 0.4) is 0 Å². The molecule has 0 aromatic heterocycles. The summed E-state index contributed by atoms with van der Waals surface area (Å²) in [4.78, 5) is 0. The Morgan fingerprint density at radius 2 is 1.94 bits per heavy atom. The van der Waals surface area contributed by atoms with E-state index < -0.39 is 10.0 Å². The molecule has 1 aromatic carbocycles. The van der Waals surface area contributed by atoms with E-state index in [0.717, 1.165) is 12.0 Å². The standard InChI is InChI=1S/C12H17NO4S/c14-7-10-1-3-11(4-2-10)9-18(15,16)13-12-5-6-17-8-12/h1-4,12-14H,5-9H2. The molecule has 0 bridgehead atoms. The second-order valence-corrected chi connectivity index (χ2v) is 6.17. The predicted molar refractivity (Wildman–Crippen MR) is 67.3 cm³/mol. The topological polar surface area (TPSA) is 75.6 Å². The molecule has 100 valence electrons. The van der Waals surface area contributed by atoms with Crippen LogP contribution in [-0.4, -0.2) is 32.8 Å². The average Bonchev–Trinajstić information content (AvgIpc) is 2.81. The van der Waals surface area contributed by atoms with Gasteiger partial charge < -0.3 is 9.84 Å². The van der Waals surface area contributed by atoms with Crippen molar-refractivity contribution < 1.29 is 18.3 Å². The predicted octanol–water partition coefficient (Wildman–Crippen LogP) is 0.387. The van der Waals surface area contributed by atoms with Crippen LogP contribution in [0.2, 0.25) is 0 Å².